The summed E-state index contributed by atoms with van der Waals surface area (Å²) in [5.41, 5.74) is 3.92. The Hall–Kier alpha value is -3.81. The number of H-pyrrole nitrogens is 1. The number of imidazole rings is 1. The van der Waals surface area contributed by atoms with E-state index < -0.39 is 0 Å². The fourth-order valence-corrected chi connectivity index (χ4v) is 4.38. The van der Waals surface area contributed by atoms with E-state index in [2.05, 4.69) is 25.4 Å². The quantitative estimate of drug-likeness (QED) is 0.518. The van der Waals surface area contributed by atoms with Gasteiger partial charge in [0.15, 0.2) is 0 Å². The Morgan fingerprint density at radius 1 is 1.06 bits per heavy atom. The number of aromatic nitrogens is 5. The number of carbonyl (C=O) groups excluding carboxylic acids is 1. The number of hydrogen-bond acceptors (Lipinski definition) is 5. The minimum absolute atomic E-state index is 0.0294. The molecule has 5 rings (SSSR count). The number of fused-ring (bicyclic) bond motifs is 1. The monoisotopic (exact) mass is 428 g/mol. The van der Waals surface area contributed by atoms with Crippen molar-refractivity contribution in [3.8, 4) is 11.3 Å². The summed E-state index contributed by atoms with van der Waals surface area (Å²) in [6.07, 6.45) is 6.61. The Balaban J connectivity index is 1.25. The van der Waals surface area contributed by atoms with E-state index in [0.29, 0.717) is 5.56 Å². The second-order valence-electron chi connectivity index (χ2n) is 8.27. The van der Waals surface area contributed by atoms with Crippen molar-refractivity contribution < 1.29 is 4.79 Å². The van der Waals surface area contributed by atoms with Gasteiger partial charge in [-0.05, 0) is 69.0 Å². The second-order valence-corrected chi connectivity index (χ2v) is 8.27. The molecule has 32 heavy (non-hydrogen) atoms. The molecular formula is C24H24N6O2. The summed E-state index contributed by atoms with van der Waals surface area (Å²) in [4.78, 5) is 36.8. The number of amides is 1. The molecule has 1 amide bonds. The molecule has 162 valence electrons. The van der Waals surface area contributed by atoms with Crippen LogP contribution in [0.3, 0.4) is 0 Å². The van der Waals surface area contributed by atoms with E-state index in [4.69, 9.17) is 0 Å². The zero-order valence-electron chi connectivity index (χ0n) is 17.8. The van der Waals surface area contributed by atoms with Crippen molar-refractivity contribution in [2.75, 3.05) is 0 Å². The predicted molar refractivity (Wildman–Crippen MR) is 121 cm³/mol. The molecule has 0 bridgehead atoms. The largest absolute Gasteiger partial charge is 0.349 e. The van der Waals surface area contributed by atoms with Crippen molar-refractivity contribution >= 4 is 16.9 Å². The van der Waals surface area contributed by atoms with Crippen LogP contribution in [0.5, 0.6) is 0 Å². The van der Waals surface area contributed by atoms with Gasteiger partial charge in [-0.25, -0.2) is 9.67 Å². The van der Waals surface area contributed by atoms with Crippen molar-refractivity contribution in [1.82, 2.24) is 30.0 Å². The molecule has 8 nitrogen and oxygen atoms in total. The molecule has 3 heterocycles. The van der Waals surface area contributed by atoms with E-state index >= 15 is 0 Å². The summed E-state index contributed by atoms with van der Waals surface area (Å²) in [5.74, 6) is 0.741. The van der Waals surface area contributed by atoms with Gasteiger partial charge in [-0.3, -0.25) is 14.6 Å². The molecule has 1 aliphatic carbocycles. The van der Waals surface area contributed by atoms with Gasteiger partial charge in [-0.1, -0.05) is 0 Å². The van der Waals surface area contributed by atoms with Crippen LogP contribution in [0.25, 0.3) is 22.3 Å². The van der Waals surface area contributed by atoms with Crippen molar-refractivity contribution in [3.63, 3.8) is 0 Å². The maximum absolute atomic E-state index is 12.8. The van der Waals surface area contributed by atoms with E-state index in [1.807, 2.05) is 31.2 Å². The van der Waals surface area contributed by atoms with Crippen LogP contribution in [0.2, 0.25) is 0 Å². The van der Waals surface area contributed by atoms with Crippen LogP contribution >= 0.6 is 0 Å². The summed E-state index contributed by atoms with van der Waals surface area (Å²) < 4.78 is 1.60. The highest BCUT2D eigenvalue weighted by molar-refractivity contribution is 5.97. The minimum Gasteiger partial charge on any atom is -0.349 e. The Kier molecular flexibility index (Phi) is 5.26. The van der Waals surface area contributed by atoms with E-state index in [1.165, 1.54) is 0 Å². The lowest BCUT2D eigenvalue weighted by molar-refractivity contribution is 0.0921. The Labute approximate surface area is 184 Å². The Morgan fingerprint density at radius 3 is 2.62 bits per heavy atom. The predicted octanol–water partition coefficient (Wildman–Crippen LogP) is 3.40. The molecule has 1 fully saturated rings. The molecule has 0 saturated heterocycles. The number of nitrogens with zero attached hydrogens (tertiary/aromatic N) is 4. The highest BCUT2D eigenvalue weighted by Crippen LogP contribution is 2.28. The first-order valence-electron chi connectivity index (χ1n) is 10.8. The van der Waals surface area contributed by atoms with E-state index in [9.17, 15) is 9.59 Å². The van der Waals surface area contributed by atoms with Gasteiger partial charge in [0.2, 0.25) is 0 Å². The molecule has 8 heteroatoms. The Bertz CT molecular complexity index is 1320. The molecule has 3 aromatic heterocycles. The molecule has 0 atom stereocenters. The third-order valence-corrected chi connectivity index (χ3v) is 6.04. The molecule has 2 N–H and O–H groups in total. The fourth-order valence-electron chi connectivity index (χ4n) is 4.38. The number of hydrogen-bond donors (Lipinski definition) is 2. The summed E-state index contributed by atoms with van der Waals surface area (Å²) in [7, 11) is 0. The van der Waals surface area contributed by atoms with Crippen LogP contribution in [0.1, 0.15) is 47.9 Å². The maximum Gasteiger partial charge on any atom is 0.267 e. The summed E-state index contributed by atoms with van der Waals surface area (Å²) in [5, 5.41) is 7.75. The number of benzene rings is 1. The van der Waals surface area contributed by atoms with Crippen LogP contribution in [0.4, 0.5) is 0 Å². The lowest BCUT2D eigenvalue weighted by Crippen LogP contribution is -2.39. The Morgan fingerprint density at radius 2 is 1.84 bits per heavy atom. The van der Waals surface area contributed by atoms with Gasteiger partial charge in [0.25, 0.3) is 11.5 Å². The molecule has 0 spiro atoms. The van der Waals surface area contributed by atoms with Gasteiger partial charge < -0.3 is 10.3 Å². The summed E-state index contributed by atoms with van der Waals surface area (Å²) in [6, 6.07) is 12.7. The van der Waals surface area contributed by atoms with Gasteiger partial charge in [-0.15, -0.1) is 0 Å². The number of aryl methyl sites for hydroxylation is 1. The molecule has 1 aliphatic rings. The van der Waals surface area contributed by atoms with Crippen LogP contribution in [-0.2, 0) is 0 Å². The fraction of sp³-hybridized carbons (Fsp3) is 0.292. The van der Waals surface area contributed by atoms with Crippen LogP contribution in [0, 0.1) is 6.92 Å². The van der Waals surface area contributed by atoms with Gasteiger partial charge in [-0.2, -0.15) is 5.10 Å². The molecule has 4 aromatic rings. The minimum atomic E-state index is -0.0987. The first-order chi connectivity index (χ1) is 15.6. The highest BCUT2D eigenvalue weighted by atomic mass is 16.1. The summed E-state index contributed by atoms with van der Waals surface area (Å²) in [6.45, 7) is 1.89. The van der Waals surface area contributed by atoms with Gasteiger partial charge in [0.1, 0.15) is 5.82 Å². The number of rotatable bonds is 4. The second kappa shape index (κ2) is 8.37. The standard InChI is InChI=1S/C24H24N6O2/c1-15-26-21-7-2-17(14-22(21)27-15)24(32)28-18-3-5-19(6-4-18)30-23(31)9-8-20(29-30)16-10-12-25-13-11-16/h2,7-14,18-19H,3-6H2,1H3,(H,26,27)(H,28,32). The first kappa shape index (κ1) is 20.1. The average molecular weight is 428 g/mol. The first-order valence-corrected chi connectivity index (χ1v) is 10.8. The number of nitrogens with one attached hydrogen (secondary N) is 2. The third-order valence-electron chi connectivity index (χ3n) is 6.04. The number of carbonyl (C=O) groups is 1. The van der Waals surface area contributed by atoms with Gasteiger partial charge in [0.05, 0.1) is 22.8 Å². The SMILES string of the molecule is Cc1nc2ccc(C(=O)NC3CCC(n4nc(-c5ccncc5)ccc4=O)CC3)cc2[nH]1. The van der Waals surface area contributed by atoms with Gasteiger partial charge >= 0.3 is 0 Å². The molecule has 0 unspecified atom stereocenters. The zero-order valence-corrected chi connectivity index (χ0v) is 17.8. The summed E-state index contributed by atoms with van der Waals surface area (Å²) >= 11 is 0. The average Bonchev–Trinajstić information content (AvgIpc) is 3.20. The molecule has 0 aliphatic heterocycles. The van der Waals surface area contributed by atoms with Crippen molar-refractivity contribution in [2.45, 2.75) is 44.7 Å². The van der Waals surface area contributed by atoms with Crippen LogP contribution < -0.4 is 10.9 Å². The van der Waals surface area contributed by atoms with Gasteiger partial charge in [0, 0.05) is 35.6 Å². The van der Waals surface area contributed by atoms with Crippen molar-refractivity contribution in [1.29, 1.82) is 0 Å². The molecule has 1 aromatic carbocycles. The lowest BCUT2D eigenvalue weighted by Gasteiger charge is -2.29. The third kappa shape index (κ3) is 4.03. The number of pyridine rings is 1. The smallest absolute Gasteiger partial charge is 0.267 e. The maximum atomic E-state index is 12.8. The lowest BCUT2D eigenvalue weighted by atomic mass is 9.91. The normalized spacial score (nSPS) is 18.5. The van der Waals surface area contributed by atoms with E-state index in [1.54, 1.807) is 35.3 Å². The van der Waals surface area contributed by atoms with Crippen LogP contribution in [0.15, 0.2) is 59.7 Å². The number of aromatic amines is 1. The highest BCUT2D eigenvalue weighted by Gasteiger charge is 2.25. The van der Waals surface area contributed by atoms with Crippen LogP contribution in [-0.4, -0.2) is 36.7 Å². The molecule has 1 saturated carbocycles. The zero-order chi connectivity index (χ0) is 22.1. The van der Waals surface area contributed by atoms with E-state index in [-0.39, 0.29) is 23.6 Å². The topological polar surface area (TPSA) is 106 Å². The van der Waals surface area contributed by atoms with Crippen molar-refractivity contribution in [3.05, 3.63) is 76.6 Å². The molecule has 0 radical (unpaired) electrons. The van der Waals surface area contributed by atoms with E-state index in [0.717, 1.165) is 53.8 Å². The molecular weight excluding hydrogens is 404 g/mol. The van der Waals surface area contributed by atoms with Crippen molar-refractivity contribution in [2.24, 2.45) is 0 Å².